The molecule has 1 amide bonds. The molecule has 3 N–H and O–H groups in total. The van der Waals surface area contributed by atoms with Crippen LogP contribution >= 0.6 is 34.4 Å². The number of hydrogen-bond donors (Lipinski definition) is 2. The fourth-order valence-corrected chi connectivity index (χ4v) is 2.36. The van der Waals surface area contributed by atoms with E-state index < -0.39 is 0 Å². The molecule has 0 saturated carbocycles. The highest BCUT2D eigenvalue weighted by Gasteiger charge is 2.09. The fraction of sp³-hybridized carbons (Fsp3) is 0.182. The van der Waals surface area contributed by atoms with Gasteiger partial charge in [-0.2, -0.15) is 0 Å². The number of carbonyl (C=O) groups excluding carboxylic acids is 1. The van der Waals surface area contributed by atoms with Crippen LogP contribution in [0.25, 0.3) is 0 Å². The summed E-state index contributed by atoms with van der Waals surface area (Å²) < 4.78 is 6.18. The Hall–Kier alpha value is -1.13. The normalized spacial score (nSPS) is 10.4. The molecule has 6 nitrogen and oxygen atoms in total. The molecule has 8 heteroatoms. The first-order chi connectivity index (χ1) is 9.19. The third-order valence-corrected chi connectivity index (χ3v) is 3.86. The SMILES string of the molecule is NCc1nnc(SCC(=O)Nc2ccccc2I)o1. The number of hydrogen-bond acceptors (Lipinski definition) is 6. The lowest BCUT2D eigenvalue weighted by atomic mass is 10.3. The van der Waals surface area contributed by atoms with Crippen molar-refractivity contribution in [2.24, 2.45) is 5.73 Å². The molecule has 0 atom stereocenters. The van der Waals surface area contributed by atoms with Crippen molar-refractivity contribution in [2.75, 3.05) is 11.1 Å². The zero-order valence-corrected chi connectivity index (χ0v) is 12.8. The minimum atomic E-state index is -0.124. The first kappa shape index (κ1) is 14.3. The number of thioether (sulfide) groups is 1. The molecule has 0 spiro atoms. The molecule has 100 valence electrons. The van der Waals surface area contributed by atoms with E-state index in [2.05, 4.69) is 38.1 Å². The van der Waals surface area contributed by atoms with Crippen LogP contribution < -0.4 is 11.1 Å². The third-order valence-electron chi connectivity index (χ3n) is 2.10. The number of nitrogens with one attached hydrogen (secondary N) is 1. The molecule has 0 saturated heterocycles. The van der Waals surface area contributed by atoms with Gasteiger partial charge >= 0.3 is 0 Å². The molecule has 1 heterocycles. The van der Waals surface area contributed by atoms with Gasteiger partial charge < -0.3 is 15.5 Å². The topological polar surface area (TPSA) is 94.0 Å². The lowest BCUT2D eigenvalue weighted by molar-refractivity contribution is -0.113. The van der Waals surface area contributed by atoms with Crippen LogP contribution in [0, 0.1) is 3.57 Å². The van der Waals surface area contributed by atoms with E-state index in [1.165, 1.54) is 11.8 Å². The molecule has 0 radical (unpaired) electrons. The number of anilines is 1. The van der Waals surface area contributed by atoms with Gasteiger partial charge in [0.2, 0.25) is 11.8 Å². The Morgan fingerprint density at radius 1 is 1.42 bits per heavy atom. The van der Waals surface area contributed by atoms with Crippen molar-refractivity contribution in [3.63, 3.8) is 0 Å². The third kappa shape index (κ3) is 4.18. The second kappa shape index (κ2) is 6.87. The van der Waals surface area contributed by atoms with Crippen LogP contribution in [0.1, 0.15) is 5.89 Å². The van der Waals surface area contributed by atoms with Gasteiger partial charge in [0, 0.05) is 3.57 Å². The van der Waals surface area contributed by atoms with Gasteiger partial charge in [-0.25, -0.2) is 0 Å². The number of aromatic nitrogens is 2. The summed E-state index contributed by atoms with van der Waals surface area (Å²) in [4.78, 5) is 11.8. The van der Waals surface area contributed by atoms with E-state index in [0.29, 0.717) is 11.1 Å². The average molecular weight is 390 g/mol. The van der Waals surface area contributed by atoms with Crippen molar-refractivity contribution in [1.82, 2.24) is 10.2 Å². The molecule has 1 aromatic heterocycles. The molecule has 0 aliphatic heterocycles. The Balaban J connectivity index is 1.86. The summed E-state index contributed by atoms with van der Waals surface area (Å²) in [6.45, 7) is 0.196. The van der Waals surface area contributed by atoms with E-state index in [9.17, 15) is 4.79 Å². The average Bonchev–Trinajstić information content (AvgIpc) is 2.87. The van der Waals surface area contributed by atoms with E-state index in [-0.39, 0.29) is 18.2 Å². The van der Waals surface area contributed by atoms with Gasteiger partial charge in [-0.1, -0.05) is 23.9 Å². The number of halogens is 1. The van der Waals surface area contributed by atoms with E-state index in [4.69, 9.17) is 10.2 Å². The van der Waals surface area contributed by atoms with Crippen LogP contribution in [0.5, 0.6) is 0 Å². The molecular weight excluding hydrogens is 379 g/mol. The van der Waals surface area contributed by atoms with Gasteiger partial charge in [-0.05, 0) is 34.7 Å². The van der Waals surface area contributed by atoms with Gasteiger partial charge in [-0.15, -0.1) is 10.2 Å². The summed E-state index contributed by atoms with van der Waals surface area (Å²) in [5.41, 5.74) is 6.15. The van der Waals surface area contributed by atoms with Crippen molar-refractivity contribution in [1.29, 1.82) is 0 Å². The molecule has 0 unspecified atom stereocenters. The second-order valence-electron chi connectivity index (χ2n) is 3.48. The molecule has 0 bridgehead atoms. The number of rotatable bonds is 5. The Kier molecular flexibility index (Phi) is 5.16. The highest BCUT2D eigenvalue weighted by atomic mass is 127. The summed E-state index contributed by atoms with van der Waals surface area (Å²) in [5, 5.41) is 10.6. The Morgan fingerprint density at radius 3 is 2.89 bits per heavy atom. The predicted molar refractivity (Wildman–Crippen MR) is 80.7 cm³/mol. The van der Waals surface area contributed by atoms with Crippen LogP contribution in [0.15, 0.2) is 33.9 Å². The zero-order chi connectivity index (χ0) is 13.7. The maximum absolute atomic E-state index is 11.8. The number of nitrogens with two attached hydrogens (primary N) is 1. The zero-order valence-electron chi connectivity index (χ0n) is 9.80. The van der Waals surface area contributed by atoms with E-state index >= 15 is 0 Å². The van der Waals surface area contributed by atoms with Gasteiger partial charge in [0.05, 0.1) is 18.0 Å². The summed E-state index contributed by atoms with van der Waals surface area (Å²) in [6.07, 6.45) is 0. The van der Waals surface area contributed by atoms with Crippen LogP contribution in [0.4, 0.5) is 5.69 Å². The molecule has 2 rings (SSSR count). The number of amides is 1. The smallest absolute Gasteiger partial charge is 0.277 e. The van der Waals surface area contributed by atoms with Crippen molar-refractivity contribution >= 4 is 45.9 Å². The lowest BCUT2D eigenvalue weighted by Gasteiger charge is -2.05. The number of nitrogens with zero attached hydrogens (tertiary/aromatic N) is 2. The molecular formula is C11H11IN4O2S. The van der Waals surface area contributed by atoms with Crippen molar-refractivity contribution in [3.05, 3.63) is 33.7 Å². The molecule has 19 heavy (non-hydrogen) atoms. The quantitative estimate of drug-likeness (QED) is 0.598. The van der Waals surface area contributed by atoms with Crippen molar-refractivity contribution in [2.45, 2.75) is 11.8 Å². The highest BCUT2D eigenvalue weighted by Crippen LogP contribution is 2.19. The lowest BCUT2D eigenvalue weighted by Crippen LogP contribution is -2.14. The Bertz CT molecular complexity index is 575. The summed E-state index contributed by atoms with van der Waals surface area (Å²) in [5.74, 6) is 0.444. The molecule has 0 aliphatic rings. The Morgan fingerprint density at radius 2 is 2.21 bits per heavy atom. The minimum absolute atomic E-state index is 0.124. The second-order valence-corrected chi connectivity index (χ2v) is 5.57. The van der Waals surface area contributed by atoms with E-state index in [1.54, 1.807) is 0 Å². The van der Waals surface area contributed by atoms with Crippen LogP contribution in [-0.2, 0) is 11.3 Å². The Labute approximate surface area is 127 Å². The molecule has 0 aliphatic carbocycles. The van der Waals surface area contributed by atoms with Crippen molar-refractivity contribution < 1.29 is 9.21 Å². The number of carbonyl (C=O) groups is 1. The van der Waals surface area contributed by atoms with Crippen LogP contribution in [-0.4, -0.2) is 21.9 Å². The largest absolute Gasteiger partial charge is 0.415 e. The summed E-state index contributed by atoms with van der Waals surface area (Å²) >= 11 is 3.35. The standard InChI is InChI=1S/C11H11IN4O2S/c12-7-3-1-2-4-8(7)14-9(17)6-19-11-16-15-10(5-13)18-11/h1-4H,5-6,13H2,(H,14,17). The predicted octanol–water partition coefficient (Wildman–Crippen LogP) is 1.86. The van der Waals surface area contributed by atoms with E-state index in [1.807, 2.05) is 24.3 Å². The molecule has 0 fully saturated rings. The maximum Gasteiger partial charge on any atom is 0.277 e. The maximum atomic E-state index is 11.8. The molecule has 1 aromatic carbocycles. The van der Waals surface area contributed by atoms with Crippen LogP contribution in [0.2, 0.25) is 0 Å². The first-order valence-electron chi connectivity index (χ1n) is 5.38. The van der Waals surface area contributed by atoms with Gasteiger partial charge in [-0.3, -0.25) is 4.79 Å². The number of para-hydroxylation sites is 1. The van der Waals surface area contributed by atoms with E-state index in [0.717, 1.165) is 9.26 Å². The molecule has 2 aromatic rings. The highest BCUT2D eigenvalue weighted by molar-refractivity contribution is 14.1. The van der Waals surface area contributed by atoms with Gasteiger partial charge in [0.15, 0.2) is 0 Å². The van der Waals surface area contributed by atoms with Gasteiger partial charge in [0.25, 0.3) is 5.22 Å². The van der Waals surface area contributed by atoms with Gasteiger partial charge in [0.1, 0.15) is 0 Å². The van der Waals surface area contributed by atoms with Crippen LogP contribution in [0.3, 0.4) is 0 Å². The minimum Gasteiger partial charge on any atom is -0.415 e. The fourth-order valence-electron chi connectivity index (χ4n) is 1.26. The number of benzene rings is 1. The summed E-state index contributed by atoms with van der Waals surface area (Å²) in [7, 11) is 0. The first-order valence-corrected chi connectivity index (χ1v) is 7.45. The summed E-state index contributed by atoms with van der Waals surface area (Å²) in [6, 6.07) is 7.56. The monoisotopic (exact) mass is 390 g/mol. The van der Waals surface area contributed by atoms with Crippen molar-refractivity contribution in [3.8, 4) is 0 Å².